The third-order valence-corrected chi connectivity index (χ3v) is 11.9. The van der Waals surface area contributed by atoms with Crippen molar-refractivity contribution in [1.82, 2.24) is 4.90 Å². The van der Waals surface area contributed by atoms with E-state index < -0.39 is 34.6 Å². The molecule has 3 fully saturated rings. The molecular formula is C31H38BrN3O5S. The molecule has 10 heteroatoms. The fraction of sp³-hybridized carbons (Fsp3) is 0.516. The molecule has 2 N–H and O–H groups in total. The van der Waals surface area contributed by atoms with Gasteiger partial charge in [0.1, 0.15) is 6.04 Å². The van der Waals surface area contributed by atoms with Gasteiger partial charge in [0.25, 0.3) is 0 Å². The number of thioether (sulfide) groups is 1. The fourth-order valence-electron chi connectivity index (χ4n) is 6.96. The number of aliphatic hydroxyl groups excluding tert-OH is 1. The van der Waals surface area contributed by atoms with Gasteiger partial charge in [0.15, 0.2) is 0 Å². The second kappa shape index (κ2) is 12.4. The van der Waals surface area contributed by atoms with Crippen LogP contribution in [0.25, 0.3) is 0 Å². The van der Waals surface area contributed by atoms with Crippen LogP contribution in [0.1, 0.15) is 32.8 Å². The van der Waals surface area contributed by atoms with Crippen LogP contribution in [0, 0.1) is 11.8 Å². The molecule has 3 unspecified atom stereocenters. The molecule has 5 rings (SSSR count). The Hall–Kier alpha value is -2.56. The second-order valence-electron chi connectivity index (χ2n) is 10.9. The monoisotopic (exact) mass is 643 g/mol. The predicted octanol–water partition coefficient (Wildman–Crippen LogP) is 4.10. The van der Waals surface area contributed by atoms with Gasteiger partial charge in [-0.3, -0.25) is 14.4 Å². The van der Waals surface area contributed by atoms with E-state index in [0.29, 0.717) is 18.5 Å². The number of aliphatic hydroxyl groups is 1. The Bertz CT molecular complexity index is 1260. The molecule has 0 radical (unpaired) electrons. The van der Waals surface area contributed by atoms with Crippen LogP contribution in [0.4, 0.5) is 11.4 Å². The first-order valence-corrected chi connectivity index (χ1v) is 16.2. The molecule has 2 amide bonds. The minimum Gasteiger partial charge on any atom is -0.466 e. The number of alkyl halides is 1. The molecule has 7 atom stereocenters. The summed E-state index contributed by atoms with van der Waals surface area (Å²) in [5.41, 5.74) is 2.66. The highest BCUT2D eigenvalue weighted by molar-refractivity contribution is 9.09. The van der Waals surface area contributed by atoms with Gasteiger partial charge in [-0.1, -0.05) is 46.3 Å². The summed E-state index contributed by atoms with van der Waals surface area (Å²) >= 11 is 5.33. The number of hydrogen-bond acceptors (Lipinski definition) is 7. The van der Waals surface area contributed by atoms with Crippen LogP contribution in [-0.2, 0) is 25.5 Å². The van der Waals surface area contributed by atoms with E-state index in [0.717, 1.165) is 24.3 Å². The Balaban J connectivity index is 1.51. The van der Waals surface area contributed by atoms with Crippen molar-refractivity contribution in [3.63, 3.8) is 0 Å². The van der Waals surface area contributed by atoms with E-state index in [1.54, 1.807) is 23.6 Å². The summed E-state index contributed by atoms with van der Waals surface area (Å²) < 4.78 is 4.62. The van der Waals surface area contributed by atoms with Gasteiger partial charge in [-0.15, -0.1) is 11.8 Å². The standard InChI is InChI=1S/C31H38BrN3O5S/c1-4-34(5-2)21-14-12-20(13-15-21)33-28(37)27-31-17-23(32)26(41-31)24(30(39)40-6-3)25(31)29(38)35(27)22(18-36)16-19-10-8-7-9-11-19/h7-15,22-27,36H,4-6,16-18H2,1-3H3,(H,33,37)/t22-,23?,24-,25+,26-,27?,31?/m1/s1. The van der Waals surface area contributed by atoms with Gasteiger partial charge in [-0.05, 0) is 63.4 Å². The second-order valence-corrected chi connectivity index (χ2v) is 13.6. The topological polar surface area (TPSA) is 99.2 Å². The maximum atomic E-state index is 14.3. The lowest BCUT2D eigenvalue weighted by molar-refractivity contribution is -0.154. The maximum absolute atomic E-state index is 14.3. The number of anilines is 2. The van der Waals surface area contributed by atoms with Crippen molar-refractivity contribution in [3.8, 4) is 0 Å². The van der Waals surface area contributed by atoms with Crippen LogP contribution in [0.2, 0.25) is 0 Å². The predicted molar refractivity (Wildman–Crippen MR) is 165 cm³/mol. The highest BCUT2D eigenvalue weighted by Crippen LogP contribution is 2.68. The van der Waals surface area contributed by atoms with Gasteiger partial charge in [-0.25, -0.2) is 0 Å². The molecule has 3 heterocycles. The van der Waals surface area contributed by atoms with Crippen LogP contribution >= 0.6 is 27.7 Å². The van der Waals surface area contributed by atoms with Crippen LogP contribution in [-0.4, -0.2) is 81.0 Å². The van der Waals surface area contributed by atoms with E-state index in [4.69, 9.17) is 4.74 Å². The summed E-state index contributed by atoms with van der Waals surface area (Å²) in [4.78, 5) is 45.6. The normalized spacial score (nSPS) is 28.9. The molecule has 220 valence electrons. The molecule has 2 aromatic carbocycles. The number of fused-ring (bicyclic) bond motifs is 1. The third kappa shape index (κ3) is 5.27. The Labute approximate surface area is 254 Å². The quantitative estimate of drug-likeness (QED) is 0.281. The summed E-state index contributed by atoms with van der Waals surface area (Å²) in [5.74, 6) is -2.32. The average molecular weight is 645 g/mol. The molecule has 2 bridgehead atoms. The first-order chi connectivity index (χ1) is 19.8. The zero-order valence-corrected chi connectivity index (χ0v) is 26.1. The maximum Gasteiger partial charge on any atom is 0.310 e. The van der Waals surface area contributed by atoms with E-state index in [-0.39, 0.29) is 35.1 Å². The van der Waals surface area contributed by atoms with E-state index in [1.807, 2.05) is 54.6 Å². The SMILES string of the molecule is CCOC(=O)[C@H]1[C@@H]2SC3(CC2Br)C(C(=O)Nc2ccc(N(CC)CC)cc2)N([C@@H](CO)Cc2ccccc2)C(=O)[C@H]13. The van der Waals surface area contributed by atoms with Crippen molar-refractivity contribution in [3.05, 3.63) is 60.2 Å². The summed E-state index contributed by atoms with van der Waals surface area (Å²) in [7, 11) is 0. The van der Waals surface area contributed by atoms with Crippen molar-refractivity contribution in [2.24, 2.45) is 11.8 Å². The van der Waals surface area contributed by atoms with Crippen LogP contribution in [0.3, 0.4) is 0 Å². The number of likely N-dealkylation sites (tertiary alicyclic amines) is 1. The number of nitrogens with one attached hydrogen (secondary N) is 1. The average Bonchev–Trinajstić information content (AvgIpc) is 3.57. The summed E-state index contributed by atoms with van der Waals surface area (Å²) in [6.45, 7) is 7.63. The number of benzene rings is 2. The van der Waals surface area contributed by atoms with Crippen molar-refractivity contribution in [2.45, 2.75) is 60.5 Å². The molecule has 3 aliphatic heterocycles. The van der Waals surface area contributed by atoms with E-state index in [9.17, 15) is 19.5 Å². The zero-order valence-electron chi connectivity index (χ0n) is 23.7. The number of ether oxygens (including phenoxy) is 1. The summed E-state index contributed by atoms with van der Waals surface area (Å²) in [6, 6.07) is 15.9. The lowest BCUT2D eigenvalue weighted by Gasteiger charge is -2.37. The molecule has 2 aromatic rings. The molecule has 3 aliphatic rings. The van der Waals surface area contributed by atoms with Gasteiger partial charge in [0, 0.05) is 34.5 Å². The van der Waals surface area contributed by atoms with Crippen LogP contribution in [0.5, 0.6) is 0 Å². The third-order valence-electron chi connectivity index (χ3n) is 8.72. The highest BCUT2D eigenvalue weighted by atomic mass is 79.9. The van der Waals surface area contributed by atoms with Crippen molar-refractivity contribution >= 4 is 56.9 Å². The minimum absolute atomic E-state index is 0.0451. The number of hydrogen-bond donors (Lipinski definition) is 2. The van der Waals surface area contributed by atoms with Gasteiger partial charge in [-0.2, -0.15) is 0 Å². The number of carbonyl (C=O) groups is 3. The van der Waals surface area contributed by atoms with Crippen molar-refractivity contribution < 1.29 is 24.2 Å². The van der Waals surface area contributed by atoms with Gasteiger partial charge in [0.2, 0.25) is 11.8 Å². The molecule has 41 heavy (non-hydrogen) atoms. The lowest BCUT2D eigenvalue weighted by Crippen LogP contribution is -2.55. The molecule has 0 aliphatic carbocycles. The van der Waals surface area contributed by atoms with Gasteiger partial charge in [0.05, 0.1) is 35.8 Å². The van der Waals surface area contributed by atoms with E-state index >= 15 is 0 Å². The Morgan fingerprint density at radius 2 is 1.83 bits per heavy atom. The number of rotatable bonds is 11. The number of amides is 2. The number of nitrogens with zero attached hydrogens (tertiary/aromatic N) is 2. The lowest BCUT2D eigenvalue weighted by atomic mass is 9.71. The Morgan fingerprint density at radius 1 is 1.15 bits per heavy atom. The molecule has 0 aromatic heterocycles. The number of carbonyl (C=O) groups excluding carboxylic acids is 3. The fourth-order valence-corrected chi connectivity index (χ4v) is 10.5. The Morgan fingerprint density at radius 3 is 2.44 bits per heavy atom. The summed E-state index contributed by atoms with van der Waals surface area (Å²) in [6.07, 6.45) is 0.956. The highest BCUT2D eigenvalue weighted by Gasteiger charge is 2.76. The van der Waals surface area contributed by atoms with E-state index in [1.165, 1.54) is 0 Å². The Kier molecular flexibility index (Phi) is 9.01. The molecule has 3 saturated heterocycles. The molecule has 1 spiro atoms. The van der Waals surface area contributed by atoms with E-state index in [2.05, 4.69) is 40.0 Å². The molecular weight excluding hydrogens is 606 g/mol. The first kappa shape index (κ1) is 29.9. The van der Waals surface area contributed by atoms with Gasteiger partial charge >= 0.3 is 5.97 Å². The van der Waals surface area contributed by atoms with Crippen LogP contribution in [0.15, 0.2) is 54.6 Å². The number of esters is 1. The minimum atomic E-state index is -0.863. The first-order valence-electron chi connectivity index (χ1n) is 14.4. The molecule has 0 saturated carbocycles. The van der Waals surface area contributed by atoms with Crippen molar-refractivity contribution in [1.29, 1.82) is 0 Å². The summed E-state index contributed by atoms with van der Waals surface area (Å²) in [5, 5.41) is 13.5. The molecule has 8 nitrogen and oxygen atoms in total. The largest absolute Gasteiger partial charge is 0.466 e. The zero-order chi connectivity index (χ0) is 29.3. The number of halogens is 1. The van der Waals surface area contributed by atoms with Crippen molar-refractivity contribution in [2.75, 3.05) is 36.5 Å². The van der Waals surface area contributed by atoms with Crippen LogP contribution < -0.4 is 10.2 Å². The smallest absolute Gasteiger partial charge is 0.310 e. The van der Waals surface area contributed by atoms with Gasteiger partial charge < -0.3 is 25.0 Å².